The van der Waals surface area contributed by atoms with Crippen molar-refractivity contribution in [2.24, 2.45) is 0 Å². The molecule has 0 aliphatic heterocycles. The zero-order valence-electron chi connectivity index (χ0n) is 13.2. The maximum atomic E-state index is 12.5. The quantitative estimate of drug-likeness (QED) is 0.648. The van der Waals surface area contributed by atoms with Crippen LogP contribution in [0.5, 0.6) is 0 Å². The summed E-state index contributed by atoms with van der Waals surface area (Å²) in [6.07, 6.45) is 2.67. The number of hydrogen-bond acceptors (Lipinski definition) is 4. The second-order valence-corrected chi connectivity index (χ2v) is 5.38. The standard InChI is InChI=1S/C17H18N4O3/c1-2-6-13(18-16(23)14-9-5-10-24-14)15(22)21-17-19-11-7-3-4-8-12(11)20-17/h3-5,7-10,13H,2,6H2,1H3,(H,18,23)(H2,19,20,21,22)/t13-/m1/s1. The molecule has 0 unspecified atom stereocenters. The molecule has 7 heteroatoms. The summed E-state index contributed by atoms with van der Waals surface area (Å²) in [5.41, 5.74) is 1.60. The number of imidazole rings is 1. The van der Waals surface area contributed by atoms with Crippen molar-refractivity contribution in [1.82, 2.24) is 15.3 Å². The van der Waals surface area contributed by atoms with Gasteiger partial charge in [0.25, 0.3) is 5.91 Å². The van der Waals surface area contributed by atoms with E-state index < -0.39 is 11.9 Å². The summed E-state index contributed by atoms with van der Waals surface area (Å²) < 4.78 is 5.05. The van der Waals surface area contributed by atoms with Crippen LogP contribution < -0.4 is 10.6 Å². The molecule has 3 rings (SSSR count). The van der Waals surface area contributed by atoms with E-state index in [2.05, 4.69) is 20.6 Å². The molecule has 0 saturated heterocycles. The lowest BCUT2D eigenvalue weighted by Gasteiger charge is -2.16. The van der Waals surface area contributed by atoms with Crippen LogP contribution in [0.25, 0.3) is 11.0 Å². The van der Waals surface area contributed by atoms with Crippen LogP contribution >= 0.6 is 0 Å². The molecule has 0 spiro atoms. The summed E-state index contributed by atoms with van der Waals surface area (Å²) in [6, 6.07) is 9.99. The molecule has 2 aromatic heterocycles. The van der Waals surface area contributed by atoms with Gasteiger partial charge in [-0.25, -0.2) is 4.98 Å². The number of fused-ring (bicyclic) bond motifs is 1. The number of H-pyrrole nitrogens is 1. The molecule has 1 atom stereocenters. The monoisotopic (exact) mass is 326 g/mol. The molecule has 24 heavy (non-hydrogen) atoms. The van der Waals surface area contributed by atoms with Crippen molar-refractivity contribution in [3.05, 3.63) is 48.4 Å². The van der Waals surface area contributed by atoms with E-state index >= 15 is 0 Å². The van der Waals surface area contributed by atoms with Gasteiger partial charge >= 0.3 is 0 Å². The van der Waals surface area contributed by atoms with E-state index in [1.807, 2.05) is 31.2 Å². The number of rotatable bonds is 6. The van der Waals surface area contributed by atoms with Gasteiger partial charge < -0.3 is 14.7 Å². The van der Waals surface area contributed by atoms with Gasteiger partial charge in [-0.1, -0.05) is 25.5 Å². The predicted octanol–water partition coefficient (Wildman–Crippen LogP) is 2.69. The molecule has 0 saturated carbocycles. The van der Waals surface area contributed by atoms with Crippen molar-refractivity contribution in [2.75, 3.05) is 5.32 Å². The van der Waals surface area contributed by atoms with Gasteiger partial charge in [-0.3, -0.25) is 14.9 Å². The molecule has 2 amide bonds. The number of furan rings is 1. The third-order valence-electron chi connectivity index (χ3n) is 3.58. The molecule has 3 N–H and O–H groups in total. The summed E-state index contributed by atoms with van der Waals surface area (Å²) in [4.78, 5) is 31.9. The number of nitrogens with one attached hydrogen (secondary N) is 3. The number of para-hydroxylation sites is 2. The van der Waals surface area contributed by atoms with Crippen molar-refractivity contribution in [1.29, 1.82) is 0 Å². The molecule has 0 fully saturated rings. The minimum Gasteiger partial charge on any atom is -0.459 e. The van der Waals surface area contributed by atoms with E-state index in [-0.39, 0.29) is 11.7 Å². The van der Waals surface area contributed by atoms with Crippen molar-refractivity contribution in [3.63, 3.8) is 0 Å². The molecule has 0 radical (unpaired) electrons. The summed E-state index contributed by atoms with van der Waals surface area (Å²) in [5.74, 6) is -0.212. The van der Waals surface area contributed by atoms with Crippen LogP contribution in [0.1, 0.15) is 30.3 Å². The fraction of sp³-hybridized carbons (Fsp3) is 0.235. The number of hydrogen-bond donors (Lipinski definition) is 3. The first-order valence-corrected chi connectivity index (χ1v) is 7.77. The van der Waals surface area contributed by atoms with Crippen molar-refractivity contribution >= 4 is 28.8 Å². The first-order chi connectivity index (χ1) is 11.7. The average Bonchev–Trinajstić information content (AvgIpc) is 3.23. The third-order valence-corrected chi connectivity index (χ3v) is 3.58. The fourth-order valence-electron chi connectivity index (χ4n) is 2.41. The van der Waals surface area contributed by atoms with Crippen LogP contribution in [0.3, 0.4) is 0 Å². The molecule has 1 aromatic carbocycles. The van der Waals surface area contributed by atoms with Gasteiger partial charge in [0.1, 0.15) is 6.04 Å². The van der Waals surface area contributed by atoms with Crippen molar-refractivity contribution in [2.45, 2.75) is 25.8 Å². The van der Waals surface area contributed by atoms with E-state index in [1.54, 1.807) is 12.1 Å². The van der Waals surface area contributed by atoms with Gasteiger partial charge in [0.05, 0.1) is 17.3 Å². The lowest BCUT2D eigenvalue weighted by Crippen LogP contribution is -2.43. The lowest BCUT2D eigenvalue weighted by molar-refractivity contribution is -0.118. The topological polar surface area (TPSA) is 100 Å². The summed E-state index contributed by atoms with van der Waals surface area (Å²) >= 11 is 0. The average molecular weight is 326 g/mol. The molecule has 7 nitrogen and oxygen atoms in total. The van der Waals surface area contributed by atoms with Crippen molar-refractivity contribution < 1.29 is 14.0 Å². The highest BCUT2D eigenvalue weighted by Crippen LogP contribution is 2.14. The van der Waals surface area contributed by atoms with Gasteiger partial charge in [0.2, 0.25) is 11.9 Å². The Labute approximate surface area is 138 Å². The number of aromatic nitrogens is 2. The van der Waals surface area contributed by atoms with Crippen LogP contribution in [0.15, 0.2) is 47.1 Å². The maximum Gasteiger partial charge on any atom is 0.287 e. The van der Waals surface area contributed by atoms with E-state index in [4.69, 9.17) is 4.42 Å². The molecule has 0 aliphatic carbocycles. The van der Waals surface area contributed by atoms with E-state index in [1.165, 1.54) is 6.26 Å². The Balaban J connectivity index is 1.70. The SMILES string of the molecule is CCC[C@@H](NC(=O)c1ccco1)C(=O)Nc1nc2ccccc2[nH]1. The summed E-state index contributed by atoms with van der Waals surface area (Å²) in [6.45, 7) is 1.94. The molecule has 124 valence electrons. The maximum absolute atomic E-state index is 12.5. The predicted molar refractivity (Wildman–Crippen MR) is 89.6 cm³/mol. The second-order valence-electron chi connectivity index (χ2n) is 5.38. The number of benzene rings is 1. The highest BCUT2D eigenvalue weighted by Gasteiger charge is 2.22. The van der Waals surface area contributed by atoms with Crippen LogP contribution in [0.2, 0.25) is 0 Å². The van der Waals surface area contributed by atoms with E-state index in [9.17, 15) is 9.59 Å². The molecule has 3 aromatic rings. The zero-order valence-corrected chi connectivity index (χ0v) is 13.2. The fourth-order valence-corrected chi connectivity index (χ4v) is 2.41. The molecular formula is C17H18N4O3. The van der Waals surface area contributed by atoms with Gasteiger partial charge in [-0.2, -0.15) is 0 Å². The van der Waals surface area contributed by atoms with E-state index in [0.29, 0.717) is 12.4 Å². The first kappa shape index (κ1) is 15.8. The molecular weight excluding hydrogens is 308 g/mol. The van der Waals surface area contributed by atoms with Crippen molar-refractivity contribution in [3.8, 4) is 0 Å². The second kappa shape index (κ2) is 6.99. The molecule has 0 bridgehead atoms. The van der Waals surface area contributed by atoms with Crippen LogP contribution in [-0.2, 0) is 4.79 Å². The highest BCUT2D eigenvalue weighted by atomic mass is 16.3. The minimum absolute atomic E-state index is 0.174. The number of amides is 2. The van der Waals surface area contributed by atoms with E-state index in [0.717, 1.165) is 17.5 Å². The third kappa shape index (κ3) is 3.45. The number of anilines is 1. The van der Waals surface area contributed by atoms with Crippen LogP contribution in [0.4, 0.5) is 5.95 Å². The number of carbonyl (C=O) groups excluding carboxylic acids is 2. The summed E-state index contributed by atoms with van der Waals surface area (Å²) in [5, 5.41) is 5.40. The number of carbonyl (C=O) groups is 2. The largest absolute Gasteiger partial charge is 0.459 e. The Kier molecular flexibility index (Phi) is 4.60. The Hall–Kier alpha value is -3.09. The highest BCUT2D eigenvalue weighted by molar-refractivity contribution is 5.99. The Bertz CT molecular complexity index is 806. The molecule has 2 heterocycles. The van der Waals surface area contributed by atoms with Gasteiger partial charge in [0, 0.05) is 0 Å². The number of aromatic amines is 1. The van der Waals surface area contributed by atoms with Crippen LogP contribution in [-0.4, -0.2) is 27.8 Å². The lowest BCUT2D eigenvalue weighted by atomic mass is 10.1. The van der Waals surface area contributed by atoms with Crippen LogP contribution in [0, 0.1) is 0 Å². The van der Waals surface area contributed by atoms with Gasteiger partial charge in [0.15, 0.2) is 5.76 Å². The minimum atomic E-state index is -0.666. The zero-order chi connectivity index (χ0) is 16.9. The summed E-state index contributed by atoms with van der Waals surface area (Å²) in [7, 11) is 0. The smallest absolute Gasteiger partial charge is 0.287 e. The number of nitrogens with zero attached hydrogens (tertiary/aromatic N) is 1. The normalized spacial score (nSPS) is 12.0. The Morgan fingerprint density at radius 2 is 2.08 bits per heavy atom. The molecule has 0 aliphatic rings. The first-order valence-electron chi connectivity index (χ1n) is 7.77. The Morgan fingerprint density at radius 1 is 1.25 bits per heavy atom. The Morgan fingerprint density at radius 3 is 2.79 bits per heavy atom. The van der Waals surface area contributed by atoms with Gasteiger partial charge in [-0.15, -0.1) is 0 Å². The van der Waals surface area contributed by atoms with Gasteiger partial charge in [-0.05, 0) is 30.7 Å².